The summed E-state index contributed by atoms with van der Waals surface area (Å²) in [5.74, 6) is 0. The third kappa shape index (κ3) is 3.72. The Hall–Kier alpha value is -6.62. The van der Waals surface area contributed by atoms with Crippen LogP contribution in [-0.4, -0.2) is 0 Å². The lowest BCUT2D eigenvalue weighted by molar-refractivity contribution is 0.707. The fourth-order valence-electron chi connectivity index (χ4n) is 6.20. The topological polar surface area (TPSA) is 416 Å². The zero-order valence-corrected chi connectivity index (χ0v) is 26.0. The molecule has 32 N–H and O–H groups in total. The fraction of sp³-hybridized carbons (Fsp3) is 0.103. The number of nitrogen functional groups attached to an aromatic ring is 16. The third-order valence-electron chi connectivity index (χ3n) is 8.93. The average molecular weight is 631 g/mol. The van der Waals surface area contributed by atoms with Crippen molar-refractivity contribution >= 4 is 120 Å². The predicted molar refractivity (Wildman–Crippen MR) is 201 cm³/mol. The summed E-state index contributed by atoms with van der Waals surface area (Å²) in [4.78, 5) is 0. The molecule has 0 unspecified atom stereocenters. The van der Waals surface area contributed by atoms with Crippen LogP contribution in [0.3, 0.4) is 0 Å². The first-order valence-corrected chi connectivity index (χ1v) is 13.7. The molecular weight excluding hydrogens is 586 g/mol. The fourth-order valence-corrected chi connectivity index (χ4v) is 6.20. The molecule has 0 saturated carbocycles. The molecule has 46 heavy (non-hydrogen) atoms. The van der Waals surface area contributed by atoms with E-state index in [1.165, 1.54) is 6.08 Å². The standard InChI is InChI=1S/C29H44N17/c1-5-9-8(4)27(21(41)13(33)11(9)31)46(26-7(3)6(2)10(30)12(32)20(26)40,28-22(42)16(36)14(34)17(37)23(28)43)29-24(44)18(38)15(35)19(39)25(29)45/h5H,1,30-45H2,2-4H3/q+1. The van der Waals surface area contributed by atoms with Crippen LogP contribution in [0.4, 0.5) is 114 Å². The number of hydrogen-bond acceptors (Lipinski definition) is 16. The lowest BCUT2D eigenvalue weighted by atomic mass is 9.90. The maximum absolute atomic E-state index is 6.94. The van der Waals surface area contributed by atoms with Gasteiger partial charge in [-0.25, -0.2) is 0 Å². The quantitative estimate of drug-likeness (QED) is 0.110. The van der Waals surface area contributed by atoms with Gasteiger partial charge in [0.25, 0.3) is 0 Å². The van der Waals surface area contributed by atoms with Crippen molar-refractivity contribution in [1.29, 1.82) is 0 Å². The Balaban J connectivity index is 2.71. The highest BCUT2D eigenvalue weighted by Crippen LogP contribution is 2.68. The van der Waals surface area contributed by atoms with Crippen LogP contribution in [0.5, 0.6) is 0 Å². The zero-order chi connectivity index (χ0) is 35.1. The van der Waals surface area contributed by atoms with Crippen LogP contribution in [0.15, 0.2) is 6.58 Å². The average Bonchev–Trinajstić information content (AvgIpc) is 3.02. The van der Waals surface area contributed by atoms with Crippen molar-refractivity contribution in [2.45, 2.75) is 20.8 Å². The first-order chi connectivity index (χ1) is 21.2. The van der Waals surface area contributed by atoms with Gasteiger partial charge in [-0.15, -0.1) is 0 Å². The molecule has 0 aliphatic carbocycles. The van der Waals surface area contributed by atoms with Crippen molar-refractivity contribution in [2.24, 2.45) is 0 Å². The summed E-state index contributed by atoms with van der Waals surface area (Å²) in [6.07, 6.45) is 1.49. The van der Waals surface area contributed by atoms with Crippen LogP contribution < -0.4 is 96.2 Å². The number of benzene rings is 4. The molecular formula is C29H44N17+. The number of hydrogen-bond donors (Lipinski definition) is 16. The van der Waals surface area contributed by atoms with Gasteiger partial charge in [-0.05, 0) is 26.3 Å². The number of rotatable bonds is 5. The highest BCUT2D eigenvalue weighted by atomic mass is 15.4. The van der Waals surface area contributed by atoms with Gasteiger partial charge in [-0.1, -0.05) is 12.7 Å². The summed E-state index contributed by atoms with van der Waals surface area (Å²) in [6.45, 7) is 9.11. The van der Waals surface area contributed by atoms with Crippen molar-refractivity contribution < 1.29 is 0 Å². The van der Waals surface area contributed by atoms with Gasteiger partial charge >= 0.3 is 0 Å². The van der Waals surface area contributed by atoms with E-state index < -0.39 is 4.48 Å². The Morgan fingerprint density at radius 1 is 0.326 bits per heavy atom. The van der Waals surface area contributed by atoms with Gasteiger partial charge in [0.05, 0.1) is 56.9 Å². The van der Waals surface area contributed by atoms with Crippen LogP contribution >= 0.6 is 0 Å². The SMILES string of the molecule is C=Cc1c(C)c([N+](c2c(C)c(C)c(N)c(N)c2N)(c2c(N)c(N)c(N)c(N)c2N)c2c(N)c(N)c(N)c(N)c2N)c(N)c(N)c1N. The number of nitrogens with two attached hydrogens (primary N) is 16. The van der Waals surface area contributed by atoms with Crippen molar-refractivity contribution in [3.63, 3.8) is 0 Å². The molecule has 0 heterocycles. The monoisotopic (exact) mass is 630 g/mol. The Bertz CT molecular complexity index is 1760. The minimum Gasteiger partial charge on any atom is -0.397 e. The van der Waals surface area contributed by atoms with Gasteiger partial charge in [0, 0.05) is 16.7 Å². The highest BCUT2D eigenvalue weighted by Gasteiger charge is 2.53. The van der Waals surface area contributed by atoms with Crippen LogP contribution in [0.1, 0.15) is 22.3 Å². The number of nitrogens with zero attached hydrogens (tertiary/aromatic N) is 1. The largest absolute Gasteiger partial charge is 0.397 e. The van der Waals surface area contributed by atoms with E-state index >= 15 is 0 Å². The van der Waals surface area contributed by atoms with Crippen molar-refractivity contribution in [3.8, 4) is 0 Å². The van der Waals surface area contributed by atoms with E-state index in [2.05, 4.69) is 6.58 Å². The van der Waals surface area contributed by atoms with Crippen molar-refractivity contribution in [3.05, 3.63) is 28.8 Å². The lowest BCUT2D eigenvalue weighted by Crippen LogP contribution is -2.40. The van der Waals surface area contributed by atoms with E-state index in [0.29, 0.717) is 22.3 Å². The minimum atomic E-state index is -0.884. The van der Waals surface area contributed by atoms with Gasteiger partial charge in [0.15, 0.2) is 22.7 Å². The maximum Gasteiger partial charge on any atom is 0.199 e. The van der Waals surface area contributed by atoms with Crippen LogP contribution in [0, 0.1) is 20.8 Å². The molecule has 0 atom stereocenters. The van der Waals surface area contributed by atoms with E-state index in [9.17, 15) is 0 Å². The normalized spacial score (nSPS) is 11.5. The molecule has 244 valence electrons. The molecule has 0 radical (unpaired) electrons. The molecule has 0 fully saturated rings. The van der Waals surface area contributed by atoms with Crippen LogP contribution in [-0.2, 0) is 0 Å². The van der Waals surface area contributed by atoms with Gasteiger partial charge in [0.2, 0.25) is 0 Å². The Labute approximate surface area is 265 Å². The second kappa shape index (κ2) is 10.2. The number of quaternary nitrogens is 1. The van der Waals surface area contributed by atoms with Crippen LogP contribution in [0.2, 0.25) is 0 Å². The summed E-state index contributed by atoms with van der Waals surface area (Å²) in [6, 6.07) is 0. The third-order valence-corrected chi connectivity index (χ3v) is 8.93. The zero-order valence-electron chi connectivity index (χ0n) is 26.0. The van der Waals surface area contributed by atoms with Gasteiger partial charge < -0.3 is 91.7 Å². The highest BCUT2D eigenvalue weighted by molar-refractivity contribution is 6.17. The van der Waals surface area contributed by atoms with Crippen molar-refractivity contribution in [1.82, 2.24) is 4.48 Å². The molecule has 4 rings (SSSR count). The molecule has 0 bridgehead atoms. The summed E-state index contributed by atoms with van der Waals surface area (Å²) in [5, 5.41) is 0. The maximum atomic E-state index is 6.94. The molecule has 0 aromatic heterocycles. The molecule has 4 aromatic carbocycles. The Kier molecular flexibility index (Phi) is 7.19. The van der Waals surface area contributed by atoms with E-state index in [0.717, 1.165) is 0 Å². The van der Waals surface area contributed by atoms with Gasteiger partial charge in [0.1, 0.15) is 34.1 Å². The molecule has 0 saturated heterocycles. The number of anilines is 16. The first-order valence-electron chi connectivity index (χ1n) is 13.7. The van der Waals surface area contributed by atoms with Gasteiger partial charge in [-0.2, -0.15) is 4.48 Å². The molecule has 0 amide bonds. The van der Waals surface area contributed by atoms with Gasteiger partial charge in [-0.3, -0.25) is 0 Å². The molecule has 17 nitrogen and oxygen atoms in total. The minimum absolute atomic E-state index is 0.00579. The molecule has 0 spiro atoms. The van der Waals surface area contributed by atoms with E-state index in [-0.39, 0.29) is 114 Å². The summed E-state index contributed by atoms with van der Waals surface area (Å²) < 4.78 is -0.884. The van der Waals surface area contributed by atoms with Crippen LogP contribution in [0.25, 0.3) is 6.08 Å². The summed E-state index contributed by atoms with van der Waals surface area (Å²) in [7, 11) is 0. The van der Waals surface area contributed by atoms with E-state index in [1.807, 2.05) is 0 Å². The Morgan fingerprint density at radius 2 is 0.587 bits per heavy atom. The molecule has 0 aliphatic rings. The smallest absolute Gasteiger partial charge is 0.199 e. The second-order valence-electron chi connectivity index (χ2n) is 11.2. The van der Waals surface area contributed by atoms with Crippen molar-refractivity contribution in [2.75, 3.05) is 91.7 Å². The second-order valence-corrected chi connectivity index (χ2v) is 11.2. The Morgan fingerprint density at radius 3 is 0.935 bits per heavy atom. The molecule has 0 aliphatic heterocycles. The molecule has 4 aromatic rings. The summed E-state index contributed by atoms with van der Waals surface area (Å²) in [5.41, 5.74) is 107. The summed E-state index contributed by atoms with van der Waals surface area (Å²) >= 11 is 0. The predicted octanol–water partition coefficient (Wildman–Crippen LogP) is 1.87. The van der Waals surface area contributed by atoms with E-state index in [4.69, 9.17) is 91.7 Å². The molecule has 17 heteroatoms. The first kappa shape index (κ1) is 32.3. The van der Waals surface area contributed by atoms with E-state index in [1.54, 1.807) is 20.8 Å². The lowest BCUT2D eigenvalue weighted by Gasteiger charge is -2.43.